The van der Waals surface area contributed by atoms with Gasteiger partial charge < -0.3 is 0 Å². The van der Waals surface area contributed by atoms with Crippen molar-refractivity contribution < 1.29 is 9.48 Å². The van der Waals surface area contributed by atoms with Gasteiger partial charge in [-0.05, 0) is 16.8 Å². The first-order chi connectivity index (χ1) is 6.20. The minimum atomic E-state index is -0.600. The maximum Gasteiger partial charge on any atom is 0.430 e. The van der Waals surface area contributed by atoms with Gasteiger partial charge in [0.15, 0.2) is 5.52 Å². The molecular formula is C8H7ClN3O+. The molecule has 4 nitrogen and oxygen atoms in total. The number of fused-ring (bicyclic) bond motifs is 1. The molecule has 66 valence electrons. The van der Waals surface area contributed by atoms with Crippen LogP contribution < -0.4 is 4.68 Å². The maximum atomic E-state index is 10.9. The minimum Gasteiger partial charge on any atom is -0.224 e. The number of rotatable bonds is 0. The molecule has 1 aromatic heterocycles. The molecule has 1 aromatic carbocycles. The first kappa shape index (κ1) is 8.19. The van der Waals surface area contributed by atoms with Gasteiger partial charge in [0.05, 0.1) is 0 Å². The van der Waals surface area contributed by atoms with Gasteiger partial charge in [0.2, 0.25) is 5.52 Å². The second kappa shape index (κ2) is 2.81. The third kappa shape index (κ3) is 1.19. The molecule has 0 aliphatic rings. The topological polar surface area (TPSA) is 38.8 Å². The number of halogens is 1. The fourth-order valence-corrected chi connectivity index (χ4v) is 1.40. The van der Waals surface area contributed by atoms with E-state index in [2.05, 4.69) is 5.21 Å². The zero-order valence-corrected chi connectivity index (χ0v) is 7.69. The summed E-state index contributed by atoms with van der Waals surface area (Å²) in [5, 5.41) is 3.34. The number of hydrogen-bond donors (Lipinski definition) is 0. The van der Waals surface area contributed by atoms with Crippen LogP contribution in [0.3, 0.4) is 0 Å². The Morgan fingerprint density at radius 3 is 2.92 bits per heavy atom. The molecule has 2 rings (SSSR count). The molecule has 0 atom stereocenters. The van der Waals surface area contributed by atoms with Crippen LogP contribution in [-0.2, 0) is 7.05 Å². The average Bonchev–Trinajstić information content (AvgIpc) is 2.45. The molecule has 0 bridgehead atoms. The number of para-hydroxylation sites is 2. The van der Waals surface area contributed by atoms with Crippen LogP contribution in [0.4, 0.5) is 4.79 Å². The third-order valence-corrected chi connectivity index (χ3v) is 2.01. The second-order valence-electron chi connectivity index (χ2n) is 2.67. The van der Waals surface area contributed by atoms with Gasteiger partial charge in [0, 0.05) is 11.6 Å². The van der Waals surface area contributed by atoms with E-state index in [0.717, 1.165) is 10.2 Å². The summed E-state index contributed by atoms with van der Waals surface area (Å²) in [6.07, 6.45) is 0. The fourth-order valence-electron chi connectivity index (χ4n) is 1.28. The Balaban J connectivity index is 2.85. The van der Waals surface area contributed by atoms with E-state index in [9.17, 15) is 4.79 Å². The average molecular weight is 197 g/mol. The van der Waals surface area contributed by atoms with Crippen molar-refractivity contribution in [2.45, 2.75) is 0 Å². The molecule has 0 aliphatic carbocycles. The largest absolute Gasteiger partial charge is 0.430 e. The quantitative estimate of drug-likeness (QED) is 0.467. The number of aromatic nitrogens is 3. The fraction of sp³-hybridized carbons (Fsp3) is 0.125. The maximum absolute atomic E-state index is 10.9. The Kier molecular flexibility index (Phi) is 1.77. The zero-order valence-electron chi connectivity index (χ0n) is 6.94. The Labute approximate surface area is 79.3 Å². The van der Waals surface area contributed by atoms with Crippen molar-refractivity contribution in [2.75, 3.05) is 0 Å². The van der Waals surface area contributed by atoms with Crippen LogP contribution in [0, 0.1) is 0 Å². The van der Waals surface area contributed by atoms with E-state index in [4.69, 9.17) is 11.6 Å². The summed E-state index contributed by atoms with van der Waals surface area (Å²) in [6, 6.07) is 7.38. The molecule has 0 spiro atoms. The summed E-state index contributed by atoms with van der Waals surface area (Å²) in [5.41, 5.74) is 1.58. The zero-order chi connectivity index (χ0) is 9.42. The van der Waals surface area contributed by atoms with Gasteiger partial charge in [-0.25, -0.2) is 4.79 Å². The van der Waals surface area contributed by atoms with Crippen LogP contribution in [0.2, 0.25) is 0 Å². The molecular weight excluding hydrogens is 190 g/mol. The smallest absolute Gasteiger partial charge is 0.224 e. The van der Waals surface area contributed by atoms with E-state index >= 15 is 0 Å². The Hall–Kier alpha value is -1.42. The summed E-state index contributed by atoms with van der Waals surface area (Å²) < 4.78 is 2.77. The molecule has 1 heterocycles. The lowest BCUT2D eigenvalue weighted by Gasteiger charge is -1.82. The van der Waals surface area contributed by atoms with Crippen molar-refractivity contribution >= 4 is 28.0 Å². The standard InChI is InChI=1S/C8H7ClN3O/c1-11-6-4-2-3-5-7(6)12(10-11)8(9)13/h2-5H,1H3/q+1. The Morgan fingerprint density at radius 2 is 2.23 bits per heavy atom. The molecule has 0 unspecified atom stereocenters. The Bertz CT molecular complexity index is 477. The number of hydrogen-bond acceptors (Lipinski definition) is 2. The van der Waals surface area contributed by atoms with Crippen molar-refractivity contribution in [3.05, 3.63) is 24.3 Å². The Morgan fingerprint density at radius 1 is 1.54 bits per heavy atom. The monoisotopic (exact) mass is 196 g/mol. The van der Waals surface area contributed by atoms with Crippen LogP contribution in [0.5, 0.6) is 0 Å². The number of carbonyl (C=O) groups excluding carboxylic acids is 1. The van der Waals surface area contributed by atoms with E-state index in [0.29, 0.717) is 5.52 Å². The molecule has 0 N–H and O–H groups in total. The van der Waals surface area contributed by atoms with Gasteiger partial charge in [-0.2, -0.15) is 0 Å². The molecule has 0 fully saturated rings. The summed E-state index contributed by atoms with van der Waals surface area (Å²) in [5.74, 6) is 0. The van der Waals surface area contributed by atoms with Gasteiger partial charge in [0.1, 0.15) is 12.3 Å². The highest BCUT2D eigenvalue weighted by Crippen LogP contribution is 2.08. The van der Waals surface area contributed by atoms with Crippen molar-refractivity contribution in [1.82, 2.24) is 9.90 Å². The lowest BCUT2D eigenvalue weighted by Crippen LogP contribution is -2.31. The van der Waals surface area contributed by atoms with Gasteiger partial charge >= 0.3 is 5.37 Å². The van der Waals surface area contributed by atoms with E-state index in [-0.39, 0.29) is 0 Å². The number of benzene rings is 1. The highest BCUT2D eigenvalue weighted by Gasteiger charge is 2.19. The predicted octanol–water partition coefficient (Wildman–Crippen LogP) is 1.07. The van der Waals surface area contributed by atoms with Gasteiger partial charge in [-0.1, -0.05) is 12.1 Å². The normalized spacial score (nSPS) is 10.6. The molecule has 0 saturated carbocycles. The molecule has 0 aliphatic heterocycles. The van der Waals surface area contributed by atoms with Crippen LogP contribution in [0.25, 0.3) is 11.0 Å². The van der Waals surface area contributed by atoms with Gasteiger partial charge in [-0.15, -0.1) is 4.68 Å². The highest BCUT2D eigenvalue weighted by atomic mass is 35.5. The van der Waals surface area contributed by atoms with Crippen molar-refractivity contribution in [1.29, 1.82) is 0 Å². The van der Waals surface area contributed by atoms with Crippen molar-refractivity contribution in [3.8, 4) is 0 Å². The number of aryl methyl sites for hydroxylation is 1. The van der Waals surface area contributed by atoms with Crippen molar-refractivity contribution in [3.63, 3.8) is 0 Å². The number of nitrogens with zero attached hydrogens (tertiary/aromatic N) is 3. The van der Waals surface area contributed by atoms with Crippen LogP contribution in [0.1, 0.15) is 0 Å². The summed E-state index contributed by atoms with van der Waals surface area (Å²) in [7, 11) is 1.76. The van der Waals surface area contributed by atoms with Crippen molar-refractivity contribution in [2.24, 2.45) is 7.05 Å². The van der Waals surface area contributed by atoms with Gasteiger partial charge in [-0.3, -0.25) is 0 Å². The lowest BCUT2D eigenvalue weighted by molar-refractivity contribution is -0.708. The first-order valence-corrected chi connectivity index (χ1v) is 4.12. The summed E-state index contributed by atoms with van der Waals surface area (Å²) in [6.45, 7) is 0. The molecule has 5 heteroatoms. The van der Waals surface area contributed by atoms with E-state index < -0.39 is 5.37 Å². The molecule has 2 aromatic rings. The van der Waals surface area contributed by atoms with E-state index in [1.165, 1.54) is 0 Å². The lowest BCUT2D eigenvalue weighted by atomic mass is 10.3. The SMILES string of the molecule is C[n+]1nn(C(=O)Cl)c2ccccc21. The molecule has 0 amide bonds. The summed E-state index contributed by atoms with van der Waals surface area (Å²) in [4.78, 5) is 10.9. The first-order valence-electron chi connectivity index (χ1n) is 3.74. The predicted molar refractivity (Wildman–Crippen MR) is 47.6 cm³/mol. The van der Waals surface area contributed by atoms with E-state index in [1.54, 1.807) is 17.8 Å². The summed E-state index contributed by atoms with van der Waals surface area (Å²) >= 11 is 5.34. The minimum absolute atomic E-state index is 0.600. The molecule has 0 radical (unpaired) electrons. The van der Waals surface area contributed by atoms with E-state index in [1.807, 2.05) is 18.2 Å². The molecule has 0 saturated heterocycles. The number of carbonyl (C=O) groups is 1. The van der Waals surface area contributed by atoms with Crippen LogP contribution in [0.15, 0.2) is 24.3 Å². The second-order valence-corrected chi connectivity index (χ2v) is 2.99. The van der Waals surface area contributed by atoms with Crippen LogP contribution in [-0.4, -0.2) is 15.3 Å². The van der Waals surface area contributed by atoms with Gasteiger partial charge in [0.25, 0.3) is 0 Å². The third-order valence-electron chi connectivity index (χ3n) is 1.85. The van der Waals surface area contributed by atoms with Crippen LogP contribution >= 0.6 is 11.6 Å². The highest BCUT2D eigenvalue weighted by molar-refractivity contribution is 6.63. The molecule has 13 heavy (non-hydrogen) atoms.